The van der Waals surface area contributed by atoms with Crippen molar-refractivity contribution in [3.05, 3.63) is 42.1 Å². The molecule has 0 atom stereocenters. The summed E-state index contributed by atoms with van der Waals surface area (Å²) in [6.45, 7) is 0.213. The number of rotatable bonds is 5. The second-order valence-electron chi connectivity index (χ2n) is 3.88. The molecular weight excluding hydrogens is 246 g/mol. The maximum atomic E-state index is 11.2. The molecule has 19 heavy (non-hydrogen) atoms. The Bertz CT molecular complexity index is 508. The number of aromatic amines is 1. The number of hydrogen-bond donors (Lipinski definition) is 3. The van der Waals surface area contributed by atoms with Crippen molar-refractivity contribution in [3.8, 4) is 11.3 Å². The van der Waals surface area contributed by atoms with Crippen molar-refractivity contribution in [2.75, 3.05) is 13.2 Å². The highest BCUT2D eigenvalue weighted by atomic mass is 16.6. The number of H-pyrrole nitrogens is 1. The first-order valence-corrected chi connectivity index (χ1v) is 5.90. The van der Waals surface area contributed by atoms with E-state index in [2.05, 4.69) is 20.3 Å². The molecule has 0 radical (unpaired) electrons. The molecule has 0 unspecified atom stereocenters. The maximum Gasteiger partial charge on any atom is 0.407 e. The average Bonchev–Trinajstić information content (AvgIpc) is 2.97. The summed E-state index contributed by atoms with van der Waals surface area (Å²) in [7, 11) is 0. The van der Waals surface area contributed by atoms with Gasteiger partial charge in [0.15, 0.2) is 0 Å². The first kappa shape index (κ1) is 13.1. The summed E-state index contributed by atoms with van der Waals surface area (Å²) in [5.41, 5.74) is 2.94. The van der Waals surface area contributed by atoms with Crippen molar-refractivity contribution in [3.63, 3.8) is 0 Å². The molecule has 6 nitrogen and oxygen atoms in total. The van der Waals surface area contributed by atoms with Crippen LogP contribution >= 0.6 is 0 Å². The molecule has 0 aliphatic heterocycles. The summed E-state index contributed by atoms with van der Waals surface area (Å²) in [4.78, 5) is 11.2. The summed E-state index contributed by atoms with van der Waals surface area (Å²) in [5, 5.41) is 17.9. The normalized spacial score (nSPS) is 10.2. The lowest BCUT2D eigenvalue weighted by Crippen LogP contribution is -2.24. The predicted octanol–water partition coefficient (Wildman–Crippen LogP) is 1.30. The highest BCUT2D eigenvalue weighted by Crippen LogP contribution is 2.16. The van der Waals surface area contributed by atoms with Gasteiger partial charge < -0.3 is 15.2 Å². The molecule has 0 aliphatic rings. The molecule has 6 heteroatoms. The molecular formula is C13H15N3O3. The van der Waals surface area contributed by atoms with E-state index < -0.39 is 6.09 Å². The fraction of sp³-hybridized carbons (Fsp3) is 0.231. The minimum absolute atomic E-state index is 0.00456. The van der Waals surface area contributed by atoms with E-state index in [1.165, 1.54) is 0 Å². The van der Waals surface area contributed by atoms with Crippen LogP contribution in [-0.4, -0.2) is 34.6 Å². The van der Waals surface area contributed by atoms with E-state index in [4.69, 9.17) is 5.11 Å². The third-order valence-electron chi connectivity index (χ3n) is 2.53. The second-order valence-corrected chi connectivity index (χ2v) is 3.88. The second kappa shape index (κ2) is 6.55. The SMILES string of the molecule is O=C(NCc1ccc(-c2ccn[nH]2)cc1)OCCO. The molecule has 2 rings (SSSR count). The number of amides is 1. The van der Waals surface area contributed by atoms with E-state index in [0.29, 0.717) is 6.54 Å². The van der Waals surface area contributed by atoms with Crippen LogP contribution < -0.4 is 5.32 Å². The number of alkyl carbamates (subject to hydrolysis) is 1. The van der Waals surface area contributed by atoms with Crippen molar-refractivity contribution in [1.82, 2.24) is 15.5 Å². The van der Waals surface area contributed by atoms with Gasteiger partial charge in [0, 0.05) is 12.7 Å². The molecule has 0 spiro atoms. The summed E-state index contributed by atoms with van der Waals surface area (Å²) in [6.07, 6.45) is 1.16. The van der Waals surface area contributed by atoms with E-state index in [9.17, 15) is 4.79 Å². The van der Waals surface area contributed by atoms with Crippen LogP contribution in [0.1, 0.15) is 5.56 Å². The zero-order valence-corrected chi connectivity index (χ0v) is 10.3. The van der Waals surface area contributed by atoms with Crippen LogP contribution in [0.2, 0.25) is 0 Å². The molecule has 0 saturated carbocycles. The van der Waals surface area contributed by atoms with E-state index in [1.54, 1.807) is 6.20 Å². The Morgan fingerprint density at radius 2 is 2.11 bits per heavy atom. The third kappa shape index (κ3) is 3.82. The number of benzene rings is 1. The van der Waals surface area contributed by atoms with Gasteiger partial charge in [-0.1, -0.05) is 24.3 Å². The van der Waals surface area contributed by atoms with Crippen molar-refractivity contribution in [2.24, 2.45) is 0 Å². The lowest BCUT2D eigenvalue weighted by molar-refractivity contribution is 0.119. The zero-order valence-electron chi connectivity index (χ0n) is 10.3. The van der Waals surface area contributed by atoms with E-state index in [-0.39, 0.29) is 13.2 Å². The number of carbonyl (C=O) groups excluding carboxylic acids is 1. The van der Waals surface area contributed by atoms with Gasteiger partial charge in [-0.25, -0.2) is 4.79 Å². The van der Waals surface area contributed by atoms with Crippen LogP contribution in [0.4, 0.5) is 4.79 Å². The Labute approximate surface area is 110 Å². The Morgan fingerprint density at radius 3 is 2.74 bits per heavy atom. The van der Waals surface area contributed by atoms with Gasteiger partial charge >= 0.3 is 6.09 Å². The van der Waals surface area contributed by atoms with Crippen LogP contribution in [0.3, 0.4) is 0 Å². The molecule has 1 aromatic heterocycles. The third-order valence-corrected chi connectivity index (χ3v) is 2.53. The monoisotopic (exact) mass is 261 g/mol. The largest absolute Gasteiger partial charge is 0.447 e. The van der Waals surface area contributed by atoms with Crippen molar-refractivity contribution < 1.29 is 14.6 Å². The number of aliphatic hydroxyl groups excluding tert-OH is 1. The average molecular weight is 261 g/mol. The van der Waals surface area contributed by atoms with Gasteiger partial charge in [0.25, 0.3) is 0 Å². The minimum atomic E-state index is -0.535. The zero-order chi connectivity index (χ0) is 13.5. The number of hydrogen-bond acceptors (Lipinski definition) is 4. The Balaban J connectivity index is 1.87. The van der Waals surface area contributed by atoms with Crippen LogP contribution in [0, 0.1) is 0 Å². The molecule has 0 fully saturated rings. The molecule has 100 valence electrons. The van der Waals surface area contributed by atoms with Crippen molar-refractivity contribution >= 4 is 6.09 Å². The predicted molar refractivity (Wildman–Crippen MR) is 69.3 cm³/mol. The first-order chi connectivity index (χ1) is 9.29. The lowest BCUT2D eigenvalue weighted by atomic mass is 10.1. The number of nitrogens with zero attached hydrogens (tertiary/aromatic N) is 1. The quantitative estimate of drug-likeness (QED) is 0.757. The van der Waals surface area contributed by atoms with Gasteiger partial charge in [0.05, 0.1) is 12.3 Å². The molecule has 0 saturated heterocycles. The molecule has 2 aromatic rings. The van der Waals surface area contributed by atoms with Gasteiger partial charge in [-0.3, -0.25) is 5.10 Å². The molecule has 0 aliphatic carbocycles. The minimum Gasteiger partial charge on any atom is -0.447 e. The van der Waals surface area contributed by atoms with Gasteiger partial charge in [-0.15, -0.1) is 0 Å². The van der Waals surface area contributed by atoms with Gasteiger partial charge in [-0.2, -0.15) is 5.10 Å². The fourth-order valence-corrected chi connectivity index (χ4v) is 1.58. The summed E-state index contributed by atoms with van der Waals surface area (Å²) < 4.78 is 4.68. The fourth-order valence-electron chi connectivity index (χ4n) is 1.58. The van der Waals surface area contributed by atoms with Gasteiger partial charge in [-0.05, 0) is 17.2 Å². The molecule has 1 amide bonds. The summed E-state index contributed by atoms with van der Waals surface area (Å²) in [5.74, 6) is 0. The Morgan fingerprint density at radius 1 is 1.32 bits per heavy atom. The molecule has 3 N–H and O–H groups in total. The standard InChI is InChI=1S/C13H15N3O3/c17-7-8-19-13(18)14-9-10-1-3-11(4-2-10)12-5-6-15-16-12/h1-6,17H,7-9H2,(H,14,18)(H,15,16). The Hall–Kier alpha value is -2.34. The number of aliphatic hydroxyl groups is 1. The van der Waals surface area contributed by atoms with Crippen LogP contribution in [0.15, 0.2) is 36.5 Å². The molecule has 1 heterocycles. The van der Waals surface area contributed by atoms with Crippen molar-refractivity contribution in [2.45, 2.75) is 6.54 Å². The van der Waals surface area contributed by atoms with E-state index in [1.807, 2.05) is 30.3 Å². The highest BCUT2D eigenvalue weighted by molar-refractivity contribution is 5.67. The number of ether oxygens (including phenoxy) is 1. The van der Waals surface area contributed by atoms with Crippen LogP contribution in [-0.2, 0) is 11.3 Å². The maximum absolute atomic E-state index is 11.2. The van der Waals surface area contributed by atoms with Crippen LogP contribution in [0.25, 0.3) is 11.3 Å². The molecule has 1 aromatic carbocycles. The summed E-state index contributed by atoms with van der Waals surface area (Å²) >= 11 is 0. The Kier molecular flexibility index (Phi) is 4.52. The first-order valence-electron chi connectivity index (χ1n) is 5.90. The van der Waals surface area contributed by atoms with Gasteiger partial charge in [0.1, 0.15) is 6.61 Å². The topological polar surface area (TPSA) is 87.2 Å². The van der Waals surface area contributed by atoms with Gasteiger partial charge in [0.2, 0.25) is 0 Å². The number of aromatic nitrogens is 2. The lowest BCUT2D eigenvalue weighted by Gasteiger charge is -2.06. The highest BCUT2D eigenvalue weighted by Gasteiger charge is 2.02. The van der Waals surface area contributed by atoms with E-state index >= 15 is 0 Å². The smallest absolute Gasteiger partial charge is 0.407 e. The van der Waals surface area contributed by atoms with E-state index in [0.717, 1.165) is 16.8 Å². The molecule has 0 bridgehead atoms. The van der Waals surface area contributed by atoms with Crippen LogP contribution in [0.5, 0.6) is 0 Å². The summed E-state index contributed by atoms with van der Waals surface area (Å²) in [6, 6.07) is 9.62. The number of nitrogens with one attached hydrogen (secondary N) is 2. The van der Waals surface area contributed by atoms with Crippen molar-refractivity contribution in [1.29, 1.82) is 0 Å². The number of carbonyl (C=O) groups is 1.